The highest BCUT2D eigenvalue weighted by atomic mass is 32.1. The number of aliphatic hydroxyl groups is 1. The minimum Gasteiger partial charge on any atom is -0.390 e. The van der Waals surface area contributed by atoms with Gasteiger partial charge in [0, 0.05) is 16.4 Å². The molecular formula is C9H10N2OS2. The maximum atomic E-state index is 8.83. The molecule has 0 aliphatic rings. The van der Waals surface area contributed by atoms with E-state index in [1.165, 1.54) is 0 Å². The molecule has 0 spiro atoms. The van der Waals surface area contributed by atoms with E-state index in [-0.39, 0.29) is 6.61 Å². The molecule has 0 saturated heterocycles. The summed E-state index contributed by atoms with van der Waals surface area (Å²) in [7, 11) is 0. The van der Waals surface area contributed by atoms with Crippen molar-refractivity contribution in [3.8, 4) is 0 Å². The molecule has 74 valence electrons. The first kappa shape index (κ1) is 9.64. The summed E-state index contributed by atoms with van der Waals surface area (Å²) in [5.74, 6) is 0. The van der Waals surface area contributed by atoms with Crippen molar-refractivity contribution in [2.75, 3.05) is 5.32 Å². The van der Waals surface area contributed by atoms with Crippen LogP contribution in [-0.4, -0.2) is 10.1 Å². The zero-order valence-electron chi connectivity index (χ0n) is 7.43. The number of nitrogens with one attached hydrogen (secondary N) is 1. The van der Waals surface area contributed by atoms with Gasteiger partial charge in [0.25, 0.3) is 0 Å². The molecular weight excluding hydrogens is 216 g/mol. The van der Waals surface area contributed by atoms with Crippen LogP contribution in [0, 0.1) is 0 Å². The molecule has 14 heavy (non-hydrogen) atoms. The molecule has 0 aliphatic carbocycles. The molecule has 0 aliphatic heterocycles. The van der Waals surface area contributed by atoms with E-state index in [2.05, 4.69) is 15.7 Å². The summed E-state index contributed by atoms with van der Waals surface area (Å²) in [6, 6.07) is 2.03. The molecule has 0 unspecified atom stereocenters. The summed E-state index contributed by atoms with van der Waals surface area (Å²) in [6.45, 7) is 0.746. The van der Waals surface area contributed by atoms with Gasteiger partial charge in [-0.25, -0.2) is 4.98 Å². The van der Waals surface area contributed by atoms with Gasteiger partial charge < -0.3 is 10.4 Å². The topological polar surface area (TPSA) is 45.1 Å². The molecule has 2 heterocycles. The fourth-order valence-corrected chi connectivity index (χ4v) is 2.38. The van der Waals surface area contributed by atoms with Gasteiger partial charge >= 0.3 is 0 Å². The Morgan fingerprint density at radius 3 is 3.00 bits per heavy atom. The Kier molecular flexibility index (Phi) is 3.13. The zero-order valence-corrected chi connectivity index (χ0v) is 9.07. The van der Waals surface area contributed by atoms with Crippen molar-refractivity contribution in [1.82, 2.24) is 4.98 Å². The van der Waals surface area contributed by atoms with Gasteiger partial charge in [0.1, 0.15) is 5.01 Å². The van der Waals surface area contributed by atoms with E-state index in [1.54, 1.807) is 22.7 Å². The van der Waals surface area contributed by atoms with Gasteiger partial charge in [-0.2, -0.15) is 11.3 Å². The lowest BCUT2D eigenvalue weighted by atomic mass is 10.5. The summed E-state index contributed by atoms with van der Waals surface area (Å²) in [5.41, 5.74) is 1.87. The third-order valence-electron chi connectivity index (χ3n) is 1.73. The average Bonchev–Trinajstić information content (AvgIpc) is 2.86. The van der Waals surface area contributed by atoms with Crippen LogP contribution in [-0.2, 0) is 13.2 Å². The molecule has 2 rings (SSSR count). The SMILES string of the molecule is OCc1csc(CNc2ccsc2)n1. The first-order valence-corrected chi connectivity index (χ1v) is 6.01. The Morgan fingerprint density at radius 2 is 2.36 bits per heavy atom. The van der Waals surface area contributed by atoms with E-state index in [0.717, 1.165) is 22.9 Å². The number of hydrogen-bond acceptors (Lipinski definition) is 5. The number of aliphatic hydroxyl groups excluding tert-OH is 1. The van der Waals surface area contributed by atoms with Gasteiger partial charge in [0.05, 0.1) is 18.8 Å². The predicted octanol–water partition coefficient (Wildman–Crippen LogP) is 2.31. The molecule has 0 bridgehead atoms. The standard InChI is InChI=1S/C9H10N2OS2/c12-4-8-6-14-9(11-8)3-10-7-1-2-13-5-7/h1-2,5-6,10,12H,3-4H2. The van der Waals surface area contributed by atoms with Crippen LogP contribution in [0.25, 0.3) is 0 Å². The first-order chi connectivity index (χ1) is 6.88. The maximum absolute atomic E-state index is 8.83. The van der Waals surface area contributed by atoms with Gasteiger partial charge in [-0.15, -0.1) is 11.3 Å². The molecule has 2 aromatic heterocycles. The van der Waals surface area contributed by atoms with Crippen molar-refractivity contribution in [3.05, 3.63) is 32.9 Å². The van der Waals surface area contributed by atoms with Crippen LogP contribution in [0.15, 0.2) is 22.2 Å². The van der Waals surface area contributed by atoms with Crippen LogP contribution < -0.4 is 5.32 Å². The van der Waals surface area contributed by atoms with Crippen molar-refractivity contribution in [3.63, 3.8) is 0 Å². The number of thiophene rings is 1. The Morgan fingerprint density at radius 1 is 1.43 bits per heavy atom. The zero-order chi connectivity index (χ0) is 9.80. The third kappa shape index (κ3) is 2.31. The number of aromatic nitrogens is 1. The third-order valence-corrected chi connectivity index (χ3v) is 3.31. The smallest absolute Gasteiger partial charge is 0.112 e. The minimum atomic E-state index is 0.0228. The highest BCUT2D eigenvalue weighted by Crippen LogP contribution is 2.15. The number of rotatable bonds is 4. The van der Waals surface area contributed by atoms with Crippen LogP contribution in [0.3, 0.4) is 0 Å². The van der Waals surface area contributed by atoms with Crippen LogP contribution in [0.2, 0.25) is 0 Å². The second kappa shape index (κ2) is 4.54. The molecule has 0 atom stereocenters. The first-order valence-electron chi connectivity index (χ1n) is 4.18. The number of thiazole rings is 1. The Hall–Kier alpha value is -0.910. The number of nitrogens with zero attached hydrogens (tertiary/aromatic N) is 1. The average molecular weight is 226 g/mol. The Balaban J connectivity index is 1.92. The molecule has 2 aromatic rings. The van der Waals surface area contributed by atoms with Gasteiger partial charge in [-0.3, -0.25) is 0 Å². The van der Waals surface area contributed by atoms with E-state index in [0.29, 0.717) is 0 Å². The van der Waals surface area contributed by atoms with E-state index in [1.807, 2.05) is 16.8 Å². The Bertz CT molecular complexity index is 383. The fourth-order valence-electron chi connectivity index (χ4n) is 1.05. The summed E-state index contributed by atoms with van der Waals surface area (Å²) in [5, 5.41) is 19.1. The molecule has 3 nitrogen and oxygen atoms in total. The summed E-state index contributed by atoms with van der Waals surface area (Å²) in [6.07, 6.45) is 0. The van der Waals surface area contributed by atoms with Crippen molar-refractivity contribution in [2.45, 2.75) is 13.2 Å². The molecule has 0 aromatic carbocycles. The molecule has 2 N–H and O–H groups in total. The summed E-state index contributed by atoms with van der Waals surface area (Å²) in [4.78, 5) is 4.24. The molecule has 0 saturated carbocycles. The largest absolute Gasteiger partial charge is 0.390 e. The van der Waals surface area contributed by atoms with Crippen molar-refractivity contribution in [1.29, 1.82) is 0 Å². The lowest BCUT2D eigenvalue weighted by molar-refractivity contribution is 0.277. The normalized spacial score (nSPS) is 10.4. The quantitative estimate of drug-likeness (QED) is 0.841. The van der Waals surface area contributed by atoms with E-state index in [9.17, 15) is 0 Å². The minimum absolute atomic E-state index is 0.0228. The number of anilines is 1. The molecule has 5 heteroatoms. The van der Waals surface area contributed by atoms with E-state index >= 15 is 0 Å². The number of hydrogen-bond donors (Lipinski definition) is 2. The monoisotopic (exact) mass is 226 g/mol. The lowest BCUT2D eigenvalue weighted by Gasteiger charge is -1.99. The van der Waals surface area contributed by atoms with Crippen LogP contribution in [0.5, 0.6) is 0 Å². The van der Waals surface area contributed by atoms with E-state index < -0.39 is 0 Å². The van der Waals surface area contributed by atoms with E-state index in [4.69, 9.17) is 5.11 Å². The van der Waals surface area contributed by atoms with Gasteiger partial charge in [-0.05, 0) is 11.4 Å². The summed E-state index contributed by atoms with van der Waals surface area (Å²) < 4.78 is 0. The van der Waals surface area contributed by atoms with Crippen LogP contribution >= 0.6 is 22.7 Å². The van der Waals surface area contributed by atoms with Crippen LogP contribution in [0.1, 0.15) is 10.7 Å². The second-order valence-corrected chi connectivity index (χ2v) is 4.48. The second-order valence-electron chi connectivity index (χ2n) is 2.76. The highest BCUT2D eigenvalue weighted by Gasteiger charge is 2.00. The molecule has 0 radical (unpaired) electrons. The van der Waals surface area contributed by atoms with Crippen molar-refractivity contribution >= 4 is 28.4 Å². The van der Waals surface area contributed by atoms with Crippen LogP contribution in [0.4, 0.5) is 5.69 Å². The Labute approximate surface area is 90.1 Å². The maximum Gasteiger partial charge on any atom is 0.112 e. The molecule has 0 amide bonds. The van der Waals surface area contributed by atoms with Gasteiger partial charge in [0.15, 0.2) is 0 Å². The van der Waals surface area contributed by atoms with Gasteiger partial charge in [0.2, 0.25) is 0 Å². The highest BCUT2D eigenvalue weighted by molar-refractivity contribution is 7.09. The molecule has 0 fully saturated rings. The predicted molar refractivity (Wildman–Crippen MR) is 59.7 cm³/mol. The van der Waals surface area contributed by atoms with Crippen molar-refractivity contribution < 1.29 is 5.11 Å². The fraction of sp³-hybridized carbons (Fsp3) is 0.222. The lowest BCUT2D eigenvalue weighted by Crippen LogP contribution is -1.97. The van der Waals surface area contributed by atoms with Crippen molar-refractivity contribution in [2.24, 2.45) is 0 Å². The summed E-state index contributed by atoms with van der Waals surface area (Å²) >= 11 is 3.23. The van der Waals surface area contributed by atoms with Gasteiger partial charge in [-0.1, -0.05) is 0 Å².